The number of hydrogen-bond donors (Lipinski definition) is 3. The molecule has 7 heteroatoms. The molecule has 1 aliphatic rings. The Bertz CT molecular complexity index is 680. The molecule has 1 atom stereocenters. The fraction of sp³-hybridized carbons (Fsp3) is 0.550. The SMILES string of the molecule is Cc1cc(/C=C/C2(O)CCCCC2)cc(C(O)CCNC(=O)C(F)(F)F)c1. The number of carbonyl (C=O) groups is 1. The molecule has 27 heavy (non-hydrogen) atoms. The molecule has 0 heterocycles. The van der Waals surface area contributed by atoms with E-state index in [9.17, 15) is 28.2 Å². The van der Waals surface area contributed by atoms with Gasteiger partial charge in [0.15, 0.2) is 0 Å². The molecule has 1 saturated carbocycles. The molecule has 0 bridgehead atoms. The number of aliphatic hydroxyl groups is 2. The molecule has 1 unspecified atom stereocenters. The Hall–Kier alpha value is -1.86. The molecule has 2 rings (SSSR count). The smallest absolute Gasteiger partial charge is 0.388 e. The first-order valence-electron chi connectivity index (χ1n) is 9.15. The Balaban J connectivity index is 2.00. The van der Waals surface area contributed by atoms with Crippen LogP contribution in [0, 0.1) is 6.92 Å². The van der Waals surface area contributed by atoms with Gasteiger partial charge in [0.2, 0.25) is 0 Å². The van der Waals surface area contributed by atoms with E-state index in [2.05, 4.69) is 0 Å². The van der Waals surface area contributed by atoms with Crippen molar-refractivity contribution in [3.63, 3.8) is 0 Å². The maximum absolute atomic E-state index is 12.2. The number of carbonyl (C=O) groups excluding carboxylic acids is 1. The monoisotopic (exact) mass is 385 g/mol. The molecule has 0 aromatic heterocycles. The molecular weight excluding hydrogens is 359 g/mol. The molecule has 1 fully saturated rings. The molecule has 0 spiro atoms. The highest BCUT2D eigenvalue weighted by Crippen LogP contribution is 2.30. The number of halogens is 3. The van der Waals surface area contributed by atoms with Crippen LogP contribution in [0.1, 0.15) is 61.3 Å². The minimum Gasteiger partial charge on any atom is -0.388 e. The van der Waals surface area contributed by atoms with Gasteiger partial charge in [0, 0.05) is 6.54 Å². The third kappa shape index (κ3) is 6.66. The van der Waals surface area contributed by atoms with Crippen LogP contribution in [0.2, 0.25) is 0 Å². The van der Waals surface area contributed by atoms with E-state index in [4.69, 9.17) is 0 Å². The summed E-state index contributed by atoms with van der Waals surface area (Å²) in [7, 11) is 0. The maximum Gasteiger partial charge on any atom is 0.471 e. The molecular formula is C20H26F3NO3. The van der Waals surface area contributed by atoms with Crippen LogP contribution in [0.4, 0.5) is 13.2 Å². The highest BCUT2D eigenvalue weighted by Gasteiger charge is 2.38. The summed E-state index contributed by atoms with van der Waals surface area (Å²) >= 11 is 0. The van der Waals surface area contributed by atoms with E-state index in [0.717, 1.165) is 43.2 Å². The molecule has 1 aliphatic carbocycles. The van der Waals surface area contributed by atoms with Crippen LogP contribution in [-0.4, -0.2) is 34.4 Å². The van der Waals surface area contributed by atoms with Crippen molar-refractivity contribution in [1.29, 1.82) is 0 Å². The molecule has 4 nitrogen and oxygen atoms in total. The first-order chi connectivity index (χ1) is 12.6. The van der Waals surface area contributed by atoms with Crippen molar-refractivity contribution in [2.45, 2.75) is 63.3 Å². The zero-order valence-electron chi connectivity index (χ0n) is 15.4. The lowest BCUT2D eigenvalue weighted by atomic mass is 9.84. The van der Waals surface area contributed by atoms with Gasteiger partial charge in [-0.2, -0.15) is 13.2 Å². The van der Waals surface area contributed by atoms with Gasteiger partial charge in [0.25, 0.3) is 0 Å². The van der Waals surface area contributed by atoms with Gasteiger partial charge >= 0.3 is 12.1 Å². The van der Waals surface area contributed by atoms with Crippen LogP contribution >= 0.6 is 0 Å². The van der Waals surface area contributed by atoms with Crippen LogP contribution in [-0.2, 0) is 4.79 Å². The fourth-order valence-corrected chi connectivity index (χ4v) is 3.30. The van der Waals surface area contributed by atoms with Gasteiger partial charge in [0.05, 0.1) is 11.7 Å². The van der Waals surface area contributed by atoms with E-state index in [1.165, 1.54) is 0 Å². The lowest BCUT2D eigenvalue weighted by molar-refractivity contribution is -0.173. The lowest BCUT2D eigenvalue weighted by Crippen LogP contribution is -2.37. The second-order valence-electron chi connectivity index (χ2n) is 7.23. The first kappa shape index (κ1) is 21.4. The molecule has 1 aromatic rings. The number of aliphatic hydroxyl groups excluding tert-OH is 1. The number of nitrogens with one attached hydrogen (secondary N) is 1. The highest BCUT2D eigenvalue weighted by molar-refractivity contribution is 5.81. The zero-order chi connectivity index (χ0) is 20.1. The summed E-state index contributed by atoms with van der Waals surface area (Å²) < 4.78 is 36.5. The summed E-state index contributed by atoms with van der Waals surface area (Å²) in [6.07, 6.45) is 2.22. The summed E-state index contributed by atoms with van der Waals surface area (Å²) in [6, 6.07) is 5.40. The van der Waals surface area contributed by atoms with Crippen LogP contribution in [0.5, 0.6) is 0 Å². The second kappa shape index (κ2) is 8.89. The number of benzene rings is 1. The Kier molecular flexibility index (Phi) is 7.06. The minimum atomic E-state index is -4.92. The number of hydrogen-bond acceptors (Lipinski definition) is 3. The molecule has 1 aromatic carbocycles. The van der Waals surface area contributed by atoms with Gasteiger partial charge in [-0.3, -0.25) is 4.79 Å². The summed E-state index contributed by atoms with van der Waals surface area (Å²) in [5.74, 6) is -2.01. The number of alkyl halides is 3. The van der Waals surface area contributed by atoms with Crippen molar-refractivity contribution in [2.75, 3.05) is 6.54 Å². The molecule has 1 amide bonds. The van der Waals surface area contributed by atoms with E-state index in [1.807, 2.05) is 19.1 Å². The summed E-state index contributed by atoms with van der Waals surface area (Å²) in [5.41, 5.74) is 1.46. The average Bonchev–Trinajstić information content (AvgIpc) is 2.59. The van der Waals surface area contributed by atoms with Crippen LogP contribution in [0.3, 0.4) is 0 Å². The topological polar surface area (TPSA) is 69.6 Å². The Labute approximate surface area is 157 Å². The Morgan fingerprint density at radius 3 is 2.56 bits per heavy atom. The lowest BCUT2D eigenvalue weighted by Gasteiger charge is -2.28. The van der Waals surface area contributed by atoms with E-state index in [1.54, 1.807) is 23.5 Å². The molecule has 3 N–H and O–H groups in total. The van der Waals surface area contributed by atoms with Crippen molar-refractivity contribution >= 4 is 12.0 Å². The van der Waals surface area contributed by atoms with Crippen LogP contribution in [0.25, 0.3) is 6.08 Å². The third-order valence-corrected chi connectivity index (χ3v) is 4.77. The third-order valence-electron chi connectivity index (χ3n) is 4.77. The summed E-state index contributed by atoms with van der Waals surface area (Å²) in [5, 5.41) is 22.5. The summed E-state index contributed by atoms with van der Waals surface area (Å²) in [6.45, 7) is 1.58. The first-order valence-corrected chi connectivity index (χ1v) is 9.15. The average molecular weight is 385 g/mol. The van der Waals surface area contributed by atoms with Crippen molar-refractivity contribution in [2.24, 2.45) is 0 Å². The number of rotatable bonds is 6. The van der Waals surface area contributed by atoms with Crippen molar-refractivity contribution < 1.29 is 28.2 Å². The summed E-state index contributed by atoms with van der Waals surface area (Å²) in [4.78, 5) is 10.8. The Morgan fingerprint density at radius 1 is 1.26 bits per heavy atom. The van der Waals surface area contributed by atoms with E-state index >= 15 is 0 Å². The van der Waals surface area contributed by atoms with Gasteiger partial charge in [-0.15, -0.1) is 0 Å². The minimum absolute atomic E-state index is 0.0294. The predicted molar refractivity (Wildman–Crippen MR) is 96.9 cm³/mol. The highest BCUT2D eigenvalue weighted by atomic mass is 19.4. The zero-order valence-corrected chi connectivity index (χ0v) is 15.4. The number of aryl methyl sites for hydroxylation is 1. The van der Waals surface area contributed by atoms with Crippen molar-refractivity contribution in [3.05, 3.63) is 41.0 Å². The van der Waals surface area contributed by atoms with Crippen molar-refractivity contribution in [1.82, 2.24) is 5.32 Å². The largest absolute Gasteiger partial charge is 0.471 e. The van der Waals surface area contributed by atoms with Crippen molar-refractivity contribution in [3.8, 4) is 0 Å². The molecule has 0 radical (unpaired) electrons. The van der Waals surface area contributed by atoms with Crippen LogP contribution < -0.4 is 5.32 Å². The molecule has 150 valence electrons. The van der Waals surface area contributed by atoms with E-state index < -0.39 is 23.8 Å². The van der Waals surface area contributed by atoms with E-state index in [0.29, 0.717) is 5.56 Å². The van der Waals surface area contributed by atoms with Gasteiger partial charge in [0.1, 0.15) is 0 Å². The maximum atomic E-state index is 12.2. The molecule has 0 saturated heterocycles. The standard InChI is InChI=1S/C20H26F3NO3/c1-14-11-15(5-9-19(27)7-3-2-4-8-19)13-16(12-14)17(25)6-10-24-18(26)20(21,22)23/h5,9,11-13,17,25,27H,2-4,6-8,10H2,1H3,(H,24,26)/b9-5+. The fourth-order valence-electron chi connectivity index (χ4n) is 3.30. The Morgan fingerprint density at radius 2 is 1.93 bits per heavy atom. The van der Waals surface area contributed by atoms with Gasteiger partial charge in [-0.1, -0.05) is 49.1 Å². The second-order valence-corrected chi connectivity index (χ2v) is 7.23. The van der Waals surface area contributed by atoms with Gasteiger partial charge < -0.3 is 15.5 Å². The van der Waals surface area contributed by atoms with Gasteiger partial charge in [-0.05, 0) is 43.4 Å². The quantitative estimate of drug-likeness (QED) is 0.698. The normalized spacial score (nSPS) is 18.4. The van der Waals surface area contributed by atoms with Crippen LogP contribution in [0.15, 0.2) is 24.3 Å². The number of amides is 1. The predicted octanol–water partition coefficient (Wildman–Crippen LogP) is 3.81. The molecule has 0 aliphatic heterocycles. The van der Waals surface area contributed by atoms with E-state index in [-0.39, 0.29) is 13.0 Å². The van der Waals surface area contributed by atoms with Gasteiger partial charge in [-0.25, -0.2) is 0 Å².